The van der Waals surface area contributed by atoms with Crippen molar-refractivity contribution < 1.29 is 5.11 Å². The number of aryl methyl sites for hydroxylation is 1. The van der Waals surface area contributed by atoms with E-state index in [1.165, 1.54) is 38.8 Å². The second-order valence-corrected chi connectivity index (χ2v) is 11.3. The van der Waals surface area contributed by atoms with Crippen LogP contribution in [0.4, 0.5) is 11.8 Å². The molecule has 1 aliphatic carbocycles. The van der Waals surface area contributed by atoms with Crippen LogP contribution >= 0.6 is 23.2 Å². The molecule has 8 heteroatoms. The highest BCUT2D eigenvalue weighted by Crippen LogP contribution is 2.38. The molecule has 5 rings (SSSR count). The largest absolute Gasteiger partial charge is 0.396 e. The average molecular weight is 505 g/mol. The number of nitrogens with zero attached hydrogens (tertiary/aromatic N) is 4. The molecule has 2 atom stereocenters. The van der Waals surface area contributed by atoms with Gasteiger partial charge in [-0.25, -0.2) is 4.98 Å². The second-order valence-electron chi connectivity index (χ2n) is 10.5. The molecular weight excluding hydrogens is 469 g/mol. The zero-order valence-corrected chi connectivity index (χ0v) is 21.6. The molecule has 0 spiro atoms. The number of nitrogens with one attached hydrogen (secondary N) is 1. The van der Waals surface area contributed by atoms with Crippen molar-refractivity contribution in [2.24, 2.45) is 17.8 Å². The van der Waals surface area contributed by atoms with Gasteiger partial charge in [-0.3, -0.25) is 0 Å². The Labute approximate surface area is 212 Å². The van der Waals surface area contributed by atoms with E-state index in [0.717, 1.165) is 41.9 Å². The molecule has 3 aliphatic rings. The minimum absolute atomic E-state index is 0.000476. The normalized spacial score (nSPS) is 26.6. The van der Waals surface area contributed by atoms with Crippen molar-refractivity contribution >= 4 is 35.0 Å². The molecule has 1 unspecified atom stereocenters. The molecule has 0 radical (unpaired) electrons. The van der Waals surface area contributed by atoms with Crippen LogP contribution in [-0.4, -0.2) is 58.8 Å². The Hall–Kier alpha value is -1.60. The molecule has 1 aromatic heterocycles. The van der Waals surface area contributed by atoms with E-state index in [-0.39, 0.29) is 6.04 Å². The Kier molecular flexibility index (Phi) is 7.22. The van der Waals surface area contributed by atoms with Gasteiger partial charge >= 0.3 is 0 Å². The summed E-state index contributed by atoms with van der Waals surface area (Å²) >= 11 is 12.5. The number of hydrogen-bond donors (Lipinski definition) is 2. The number of halogens is 2. The standard InChI is InChI=1S/C26H35Cl2N5O/c1-16-11-29-26(31-25(16)30-17(2)23-6-5-21(27)10-24(23)28)33-13-20(14-33)19-4-3-7-32(12-19)22-8-18(9-22)15-34/h5-6,10-11,17-20,22,34H,3-4,7-9,12-15H2,1-2H3,(H,29,30,31)/t17-,18?,19?,22?/m1/s1. The summed E-state index contributed by atoms with van der Waals surface area (Å²) in [5.74, 6) is 3.65. The highest BCUT2D eigenvalue weighted by Gasteiger charge is 2.40. The number of likely N-dealkylation sites (tertiary alicyclic amines) is 1. The maximum atomic E-state index is 9.34. The van der Waals surface area contributed by atoms with E-state index in [9.17, 15) is 5.11 Å². The lowest BCUT2D eigenvalue weighted by Gasteiger charge is -2.50. The van der Waals surface area contributed by atoms with E-state index >= 15 is 0 Å². The molecule has 3 heterocycles. The highest BCUT2D eigenvalue weighted by molar-refractivity contribution is 6.35. The maximum Gasteiger partial charge on any atom is 0.227 e. The molecule has 2 N–H and O–H groups in total. The van der Waals surface area contributed by atoms with Gasteiger partial charge in [0.2, 0.25) is 5.95 Å². The van der Waals surface area contributed by atoms with Crippen molar-refractivity contribution in [2.75, 3.05) is 43.0 Å². The van der Waals surface area contributed by atoms with Gasteiger partial charge in [-0.05, 0) is 81.5 Å². The van der Waals surface area contributed by atoms with Crippen molar-refractivity contribution in [3.8, 4) is 0 Å². The van der Waals surface area contributed by atoms with Gasteiger partial charge in [-0.15, -0.1) is 0 Å². The van der Waals surface area contributed by atoms with Crippen molar-refractivity contribution in [3.63, 3.8) is 0 Å². The lowest BCUT2D eigenvalue weighted by molar-refractivity contribution is 0.00777. The van der Waals surface area contributed by atoms with E-state index in [2.05, 4.69) is 27.0 Å². The Morgan fingerprint density at radius 1 is 1.18 bits per heavy atom. The van der Waals surface area contributed by atoms with Gasteiger partial charge in [0, 0.05) is 54.1 Å². The predicted molar refractivity (Wildman–Crippen MR) is 139 cm³/mol. The zero-order valence-electron chi connectivity index (χ0n) is 20.1. The molecule has 1 saturated carbocycles. The topological polar surface area (TPSA) is 64.5 Å². The number of aromatic nitrogens is 2. The lowest BCUT2D eigenvalue weighted by Crippen LogP contribution is -2.56. The van der Waals surface area contributed by atoms with Crippen LogP contribution in [0, 0.1) is 24.7 Å². The second kappa shape index (κ2) is 10.2. The van der Waals surface area contributed by atoms with E-state index in [1.54, 1.807) is 6.07 Å². The number of anilines is 2. The first-order valence-corrected chi connectivity index (χ1v) is 13.3. The van der Waals surface area contributed by atoms with Gasteiger partial charge in [0.15, 0.2) is 0 Å². The van der Waals surface area contributed by atoms with E-state index in [1.807, 2.05) is 25.3 Å². The predicted octanol–water partition coefficient (Wildman–Crippen LogP) is 5.18. The van der Waals surface area contributed by atoms with Gasteiger partial charge in [0.1, 0.15) is 5.82 Å². The molecule has 6 nitrogen and oxygen atoms in total. The molecule has 0 bridgehead atoms. The molecule has 2 aromatic rings. The summed E-state index contributed by atoms with van der Waals surface area (Å²) < 4.78 is 0. The number of piperidine rings is 1. The van der Waals surface area contributed by atoms with E-state index in [4.69, 9.17) is 28.2 Å². The average Bonchev–Trinajstić information content (AvgIpc) is 2.74. The summed E-state index contributed by atoms with van der Waals surface area (Å²) in [6, 6.07) is 6.29. The molecule has 1 aromatic carbocycles. The quantitative estimate of drug-likeness (QED) is 0.542. The summed E-state index contributed by atoms with van der Waals surface area (Å²) in [6.45, 7) is 8.95. The van der Waals surface area contributed by atoms with Crippen molar-refractivity contribution in [2.45, 2.75) is 51.6 Å². The molecule has 34 heavy (non-hydrogen) atoms. The zero-order chi connectivity index (χ0) is 23.8. The van der Waals surface area contributed by atoms with Gasteiger partial charge in [0.05, 0.1) is 6.04 Å². The maximum absolute atomic E-state index is 9.34. The van der Waals surface area contributed by atoms with Crippen LogP contribution in [0.25, 0.3) is 0 Å². The SMILES string of the molecule is Cc1cnc(N2CC(C3CCCN(C4CC(CO)C4)C3)C2)nc1N[C@H](C)c1ccc(Cl)cc1Cl. The van der Waals surface area contributed by atoms with Gasteiger partial charge in [-0.1, -0.05) is 29.3 Å². The minimum Gasteiger partial charge on any atom is -0.396 e. The highest BCUT2D eigenvalue weighted by atomic mass is 35.5. The van der Waals surface area contributed by atoms with Crippen molar-refractivity contribution in [3.05, 3.63) is 45.6 Å². The third kappa shape index (κ3) is 5.01. The summed E-state index contributed by atoms with van der Waals surface area (Å²) in [5.41, 5.74) is 2.01. The third-order valence-corrected chi connectivity index (χ3v) is 8.64. The van der Waals surface area contributed by atoms with Crippen molar-refractivity contribution in [1.82, 2.24) is 14.9 Å². The van der Waals surface area contributed by atoms with Gasteiger partial charge in [-0.2, -0.15) is 4.98 Å². The molecular formula is C26H35Cl2N5O. The van der Waals surface area contributed by atoms with Crippen LogP contribution in [0.3, 0.4) is 0 Å². The molecule has 184 valence electrons. The van der Waals surface area contributed by atoms with Gasteiger partial charge < -0.3 is 20.2 Å². The number of aliphatic hydroxyl groups excluding tert-OH is 1. The van der Waals surface area contributed by atoms with Crippen molar-refractivity contribution in [1.29, 1.82) is 0 Å². The van der Waals surface area contributed by atoms with E-state index < -0.39 is 0 Å². The Morgan fingerprint density at radius 3 is 2.71 bits per heavy atom. The van der Waals surface area contributed by atoms with Gasteiger partial charge in [0.25, 0.3) is 0 Å². The van der Waals surface area contributed by atoms with Crippen LogP contribution in [0.5, 0.6) is 0 Å². The van der Waals surface area contributed by atoms with Crippen LogP contribution < -0.4 is 10.2 Å². The monoisotopic (exact) mass is 503 g/mol. The fraction of sp³-hybridized carbons (Fsp3) is 0.615. The summed E-state index contributed by atoms with van der Waals surface area (Å²) in [4.78, 5) is 14.5. The minimum atomic E-state index is 0.000476. The summed E-state index contributed by atoms with van der Waals surface area (Å²) in [7, 11) is 0. The first-order valence-electron chi connectivity index (χ1n) is 12.6. The van der Waals surface area contributed by atoms with Crippen LogP contribution in [0.2, 0.25) is 10.0 Å². The fourth-order valence-electron chi connectivity index (χ4n) is 5.75. The van der Waals surface area contributed by atoms with E-state index in [0.29, 0.717) is 34.5 Å². The summed E-state index contributed by atoms with van der Waals surface area (Å²) in [6.07, 6.45) is 6.87. The van der Waals surface area contributed by atoms with Crippen LogP contribution in [0.1, 0.15) is 49.8 Å². The Balaban J connectivity index is 1.18. The third-order valence-electron chi connectivity index (χ3n) is 8.08. The lowest BCUT2D eigenvalue weighted by atomic mass is 9.76. The first kappa shape index (κ1) is 24.1. The Morgan fingerprint density at radius 2 is 1.97 bits per heavy atom. The number of benzene rings is 1. The smallest absolute Gasteiger partial charge is 0.227 e. The Bertz CT molecular complexity index is 1010. The summed E-state index contributed by atoms with van der Waals surface area (Å²) in [5, 5.41) is 14.1. The number of hydrogen-bond acceptors (Lipinski definition) is 6. The molecule has 2 aliphatic heterocycles. The first-order chi connectivity index (χ1) is 16.4. The number of rotatable bonds is 7. The molecule has 3 fully saturated rings. The number of aliphatic hydroxyl groups is 1. The fourth-order valence-corrected chi connectivity index (χ4v) is 6.32. The van der Waals surface area contributed by atoms with Crippen LogP contribution in [0.15, 0.2) is 24.4 Å². The van der Waals surface area contributed by atoms with Crippen LogP contribution in [-0.2, 0) is 0 Å². The molecule has 2 saturated heterocycles. The molecule has 0 amide bonds.